The van der Waals surface area contributed by atoms with Gasteiger partial charge in [-0.05, 0) is 24.3 Å². The Morgan fingerprint density at radius 3 is 2.23 bits per heavy atom. The Labute approximate surface area is 124 Å². The minimum atomic E-state index is -1.64. The smallest absolute Gasteiger partial charge is 0.202 e. The molecule has 0 aromatic heterocycles. The number of aliphatic hydroxyl groups excluding tert-OH is 1. The standard InChI is InChI=1S/C15H12O7/c16-7-2-1-3-10-11(7)13(20)14(21)15(22-10)6-4-8(17)12(19)9(18)5-6/h1-5,14-19,21H. The SMILES string of the molecule is O=C1c2c(O)cccc2OC(c2cc(O)c(O)c(O)c2)C1O. The Morgan fingerprint density at radius 2 is 1.59 bits per heavy atom. The molecule has 2 atom stereocenters. The summed E-state index contributed by atoms with van der Waals surface area (Å²) in [4.78, 5) is 12.2. The Hall–Kier alpha value is -2.93. The molecule has 1 aliphatic rings. The third kappa shape index (κ3) is 1.99. The summed E-state index contributed by atoms with van der Waals surface area (Å²) in [6, 6.07) is 6.37. The number of hydrogen-bond donors (Lipinski definition) is 5. The van der Waals surface area contributed by atoms with Crippen LogP contribution in [0.25, 0.3) is 0 Å². The van der Waals surface area contributed by atoms with Crippen LogP contribution in [-0.2, 0) is 0 Å². The molecule has 114 valence electrons. The summed E-state index contributed by atoms with van der Waals surface area (Å²) in [5, 5.41) is 48.2. The zero-order valence-corrected chi connectivity index (χ0v) is 11.1. The first kappa shape index (κ1) is 14.0. The zero-order chi connectivity index (χ0) is 16.0. The predicted molar refractivity (Wildman–Crippen MR) is 73.2 cm³/mol. The van der Waals surface area contributed by atoms with Crippen molar-refractivity contribution in [2.75, 3.05) is 0 Å². The lowest BCUT2D eigenvalue weighted by molar-refractivity contribution is 0.0210. The first-order valence-electron chi connectivity index (χ1n) is 6.36. The van der Waals surface area contributed by atoms with Crippen LogP contribution in [0.4, 0.5) is 0 Å². The van der Waals surface area contributed by atoms with Crippen molar-refractivity contribution in [3.63, 3.8) is 0 Å². The molecule has 0 saturated carbocycles. The Bertz CT molecular complexity index is 745. The zero-order valence-electron chi connectivity index (χ0n) is 11.1. The summed E-state index contributed by atoms with van der Waals surface area (Å²) in [5.41, 5.74) is -0.0267. The van der Waals surface area contributed by atoms with E-state index in [-0.39, 0.29) is 22.6 Å². The van der Waals surface area contributed by atoms with Gasteiger partial charge < -0.3 is 30.3 Å². The molecule has 0 amide bonds. The van der Waals surface area contributed by atoms with Gasteiger partial charge in [0.1, 0.15) is 17.1 Å². The number of fused-ring (bicyclic) bond motifs is 1. The number of benzene rings is 2. The Kier molecular flexibility index (Phi) is 3.07. The molecule has 22 heavy (non-hydrogen) atoms. The second-order valence-corrected chi connectivity index (χ2v) is 4.91. The molecular formula is C15H12O7. The van der Waals surface area contributed by atoms with Crippen LogP contribution >= 0.6 is 0 Å². The summed E-state index contributed by atoms with van der Waals surface area (Å²) in [6.45, 7) is 0. The number of carbonyl (C=O) groups excluding carboxylic acids is 1. The van der Waals surface area contributed by atoms with E-state index < -0.39 is 35.2 Å². The maximum Gasteiger partial charge on any atom is 0.202 e. The van der Waals surface area contributed by atoms with E-state index in [1.54, 1.807) is 0 Å². The van der Waals surface area contributed by atoms with Gasteiger partial charge in [-0.3, -0.25) is 4.79 Å². The molecule has 2 unspecified atom stereocenters. The number of rotatable bonds is 1. The number of aromatic hydroxyl groups is 4. The first-order chi connectivity index (χ1) is 10.4. The molecule has 7 heteroatoms. The van der Waals surface area contributed by atoms with Crippen LogP contribution in [0.15, 0.2) is 30.3 Å². The third-order valence-electron chi connectivity index (χ3n) is 3.48. The van der Waals surface area contributed by atoms with Gasteiger partial charge in [0.05, 0.1) is 0 Å². The summed E-state index contributed by atoms with van der Waals surface area (Å²) in [6.07, 6.45) is -2.83. The normalized spacial score (nSPS) is 20.3. The summed E-state index contributed by atoms with van der Waals surface area (Å²) >= 11 is 0. The van der Waals surface area contributed by atoms with Gasteiger partial charge in [-0.15, -0.1) is 0 Å². The molecule has 3 rings (SSSR count). The van der Waals surface area contributed by atoms with Crippen molar-refractivity contribution >= 4 is 5.78 Å². The van der Waals surface area contributed by atoms with Crippen molar-refractivity contribution < 1.29 is 35.1 Å². The van der Waals surface area contributed by atoms with Gasteiger partial charge in [0, 0.05) is 5.56 Å². The third-order valence-corrected chi connectivity index (χ3v) is 3.48. The molecule has 2 aromatic rings. The van der Waals surface area contributed by atoms with Gasteiger partial charge in [-0.1, -0.05) is 6.07 Å². The molecule has 0 radical (unpaired) electrons. The molecule has 0 saturated heterocycles. The number of Topliss-reactive ketones (excluding diaryl/α,β-unsaturated/α-hetero) is 1. The van der Waals surface area contributed by atoms with Crippen molar-refractivity contribution in [2.45, 2.75) is 12.2 Å². The van der Waals surface area contributed by atoms with Gasteiger partial charge >= 0.3 is 0 Å². The lowest BCUT2D eigenvalue weighted by atomic mass is 9.92. The van der Waals surface area contributed by atoms with E-state index in [1.165, 1.54) is 18.2 Å². The highest BCUT2D eigenvalue weighted by atomic mass is 16.5. The first-order valence-corrected chi connectivity index (χ1v) is 6.36. The quantitative estimate of drug-likeness (QED) is 0.501. The Morgan fingerprint density at radius 1 is 0.955 bits per heavy atom. The van der Waals surface area contributed by atoms with Crippen LogP contribution in [-0.4, -0.2) is 37.4 Å². The van der Waals surface area contributed by atoms with Crippen molar-refractivity contribution in [1.29, 1.82) is 0 Å². The van der Waals surface area contributed by atoms with Gasteiger partial charge in [-0.25, -0.2) is 0 Å². The maximum atomic E-state index is 12.2. The van der Waals surface area contributed by atoms with E-state index in [2.05, 4.69) is 0 Å². The highest BCUT2D eigenvalue weighted by molar-refractivity contribution is 6.05. The molecule has 0 bridgehead atoms. The van der Waals surface area contributed by atoms with Crippen LogP contribution in [0.1, 0.15) is 22.0 Å². The number of phenolic OH excluding ortho intramolecular Hbond substituents is 4. The van der Waals surface area contributed by atoms with E-state index >= 15 is 0 Å². The minimum Gasteiger partial charge on any atom is -0.507 e. The number of ketones is 1. The van der Waals surface area contributed by atoms with Crippen LogP contribution in [0.5, 0.6) is 28.7 Å². The fraction of sp³-hybridized carbons (Fsp3) is 0.133. The van der Waals surface area contributed by atoms with E-state index in [1.807, 2.05) is 0 Å². The number of ether oxygens (including phenoxy) is 1. The van der Waals surface area contributed by atoms with Crippen molar-refractivity contribution in [2.24, 2.45) is 0 Å². The number of carbonyl (C=O) groups is 1. The van der Waals surface area contributed by atoms with E-state index in [9.17, 15) is 30.3 Å². The van der Waals surface area contributed by atoms with E-state index in [0.29, 0.717) is 0 Å². The molecule has 1 heterocycles. The maximum absolute atomic E-state index is 12.2. The molecule has 7 nitrogen and oxygen atoms in total. The summed E-state index contributed by atoms with van der Waals surface area (Å²) < 4.78 is 5.50. The number of phenols is 4. The van der Waals surface area contributed by atoms with E-state index in [4.69, 9.17) is 4.74 Å². The summed E-state index contributed by atoms with van der Waals surface area (Å²) in [5.74, 6) is -2.90. The van der Waals surface area contributed by atoms with Gasteiger partial charge in [0.25, 0.3) is 0 Å². The minimum absolute atomic E-state index is 0.0763. The Balaban J connectivity index is 2.09. The molecule has 2 aromatic carbocycles. The number of hydrogen-bond acceptors (Lipinski definition) is 7. The van der Waals surface area contributed by atoms with Crippen molar-refractivity contribution in [1.82, 2.24) is 0 Å². The predicted octanol–water partition coefficient (Wildman–Crippen LogP) is 1.19. The molecule has 0 aliphatic carbocycles. The second kappa shape index (κ2) is 4.81. The van der Waals surface area contributed by atoms with Gasteiger partial charge in [0.2, 0.25) is 5.78 Å². The average Bonchev–Trinajstić information content (AvgIpc) is 2.48. The highest BCUT2D eigenvalue weighted by Crippen LogP contribution is 2.43. The topological polar surface area (TPSA) is 127 Å². The highest BCUT2D eigenvalue weighted by Gasteiger charge is 2.39. The lowest BCUT2D eigenvalue weighted by Crippen LogP contribution is -2.36. The molecular weight excluding hydrogens is 292 g/mol. The molecule has 0 spiro atoms. The second-order valence-electron chi connectivity index (χ2n) is 4.91. The lowest BCUT2D eigenvalue weighted by Gasteiger charge is -2.30. The fourth-order valence-corrected chi connectivity index (χ4v) is 2.39. The fourth-order valence-electron chi connectivity index (χ4n) is 2.39. The summed E-state index contributed by atoms with van der Waals surface area (Å²) in [7, 11) is 0. The monoisotopic (exact) mass is 304 g/mol. The molecule has 1 aliphatic heterocycles. The van der Waals surface area contributed by atoms with Crippen LogP contribution in [0.2, 0.25) is 0 Å². The largest absolute Gasteiger partial charge is 0.507 e. The molecule has 5 N–H and O–H groups in total. The average molecular weight is 304 g/mol. The van der Waals surface area contributed by atoms with E-state index in [0.717, 1.165) is 12.1 Å². The van der Waals surface area contributed by atoms with Crippen LogP contribution in [0.3, 0.4) is 0 Å². The molecule has 0 fully saturated rings. The number of aliphatic hydroxyl groups is 1. The van der Waals surface area contributed by atoms with Crippen molar-refractivity contribution in [3.05, 3.63) is 41.5 Å². The van der Waals surface area contributed by atoms with Gasteiger partial charge in [0.15, 0.2) is 29.5 Å². The van der Waals surface area contributed by atoms with Crippen LogP contribution in [0, 0.1) is 0 Å². The van der Waals surface area contributed by atoms with Gasteiger partial charge in [-0.2, -0.15) is 0 Å². The van der Waals surface area contributed by atoms with Crippen LogP contribution < -0.4 is 4.74 Å². The van der Waals surface area contributed by atoms with Crippen molar-refractivity contribution in [3.8, 4) is 28.7 Å².